The number of halogens is 1. The van der Waals surface area contributed by atoms with Gasteiger partial charge < -0.3 is 10.0 Å². The maximum absolute atomic E-state index is 9.53. The number of anilines is 1. The molecule has 1 aromatic heterocycles. The minimum absolute atomic E-state index is 0.538. The molecule has 1 saturated heterocycles. The smallest absolute Gasteiger partial charge is 0.130 e. The molecule has 2 heterocycles. The highest BCUT2D eigenvalue weighted by Crippen LogP contribution is 2.26. The molecule has 0 aromatic carbocycles. The van der Waals surface area contributed by atoms with Gasteiger partial charge in [-0.25, -0.2) is 4.98 Å². The van der Waals surface area contributed by atoms with Gasteiger partial charge in [0, 0.05) is 13.1 Å². The summed E-state index contributed by atoms with van der Waals surface area (Å²) in [5.74, 6) is 0.918. The first-order valence-corrected chi connectivity index (χ1v) is 4.96. The first-order valence-electron chi connectivity index (χ1n) is 4.17. The van der Waals surface area contributed by atoms with Gasteiger partial charge in [-0.2, -0.15) is 0 Å². The number of rotatable bonds is 1. The molecule has 1 aliphatic heterocycles. The molecule has 4 heteroatoms. The van der Waals surface area contributed by atoms with Crippen LogP contribution in [0.5, 0.6) is 0 Å². The molecule has 13 heavy (non-hydrogen) atoms. The van der Waals surface area contributed by atoms with Gasteiger partial charge in [0.2, 0.25) is 0 Å². The van der Waals surface area contributed by atoms with E-state index in [4.69, 9.17) is 0 Å². The van der Waals surface area contributed by atoms with E-state index in [1.54, 1.807) is 0 Å². The van der Waals surface area contributed by atoms with Gasteiger partial charge in [0.1, 0.15) is 10.4 Å². The maximum atomic E-state index is 9.53. The van der Waals surface area contributed by atoms with E-state index in [-0.39, 0.29) is 0 Å². The van der Waals surface area contributed by atoms with Crippen LogP contribution in [-0.2, 0) is 0 Å². The number of nitrogens with zero attached hydrogens (tertiary/aromatic N) is 2. The highest BCUT2D eigenvalue weighted by Gasteiger charge is 2.37. The molecule has 1 aromatic rings. The lowest BCUT2D eigenvalue weighted by molar-refractivity contribution is 0.0305. The van der Waals surface area contributed by atoms with Gasteiger partial charge in [-0.3, -0.25) is 0 Å². The first-order chi connectivity index (χ1) is 6.07. The second-order valence-electron chi connectivity index (χ2n) is 3.67. The fraction of sp³-hybridized carbons (Fsp3) is 0.444. The minimum atomic E-state index is -0.538. The van der Waals surface area contributed by atoms with Crippen LogP contribution < -0.4 is 4.90 Å². The van der Waals surface area contributed by atoms with Crippen molar-refractivity contribution in [3.63, 3.8) is 0 Å². The summed E-state index contributed by atoms with van der Waals surface area (Å²) >= 11 is 3.31. The fourth-order valence-electron chi connectivity index (χ4n) is 1.51. The SMILES string of the molecule is CC1(O)CN(c2cccc(Br)n2)C1. The second kappa shape index (κ2) is 2.96. The number of aliphatic hydroxyl groups is 1. The Bertz CT molecular complexity index is 319. The van der Waals surface area contributed by atoms with Crippen molar-refractivity contribution in [1.29, 1.82) is 0 Å². The molecule has 3 nitrogen and oxygen atoms in total. The summed E-state index contributed by atoms with van der Waals surface area (Å²) in [4.78, 5) is 6.34. The van der Waals surface area contributed by atoms with Gasteiger partial charge in [-0.1, -0.05) is 6.07 Å². The highest BCUT2D eigenvalue weighted by molar-refractivity contribution is 9.10. The zero-order chi connectivity index (χ0) is 9.47. The molecule has 0 radical (unpaired) electrons. The largest absolute Gasteiger partial charge is 0.386 e. The van der Waals surface area contributed by atoms with E-state index in [0.717, 1.165) is 10.4 Å². The number of hydrogen-bond acceptors (Lipinski definition) is 3. The highest BCUT2D eigenvalue weighted by atomic mass is 79.9. The summed E-state index contributed by atoms with van der Waals surface area (Å²) in [6.07, 6.45) is 0. The predicted molar refractivity (Wildman–Crippen MR) is 54.8 cm³/mol. The van der Waals surface area contributed by atoms with E-state index in [1.807, 2.05) is 30.0 Å². The van der Waals surface area contributed by atoms with Crippen LogP contribution in [0.3, 0.4) is 0 Å². The lowest BCUT2D eigenvalue weighted by Gasteiger charge is -2.44. The maximum Gasteiger partial charge on any atom is 0.130 e. The average molecular weight is 243 g/mol. The van der Waals surface area contributed by atoms with Crippen molar-refractivity contribution >= 4 is 21.7 Å². The van der Waals surface area contributed by atoms with Crippen molar-refractivity contribution < 1.29 is 5.11 Å². The zero-order valence-corrected chi connectivity index (χ0v) is 8.95. The lowest BCUT2D eigenvalue weighted by atomic mass is 9.97. The summed E-state index contributed by atoms with van der Waals surface area (Å²) in [6.45, 7) is 3.16. The topological polar surface area (TPSA) is 36.4 Å². The average Bonchev–Trinajstić information content (AvgIpc) is 2.00. The second-order valence-corrected chi connectivity index (χ2v) is 4.48. The van der Waals surface area contributed by atoms with Crippen molar-refractivity contribution in [3.8, 4) is 0 Å². The molecular formula is C9H11BrN2O. The number of hydrogen-bond donors (Lipinski definition) is 1. The molecule has 0 atom stereocenters. The molecule has 1 fully saturated rings. The Hall–Kier alpha value is -0.610. The van der Waals surface area contributed by atoms with Crippen molar-refractivity contribution in [1.82, 2.24) is 4.98 Å². The Kier molecular flexibility index (Phi) is 2.04. The van der Waals surface area contributed by atoms with Crippen molar-refractivity contribution in [2.24, 2.45) is 0 Å². The zero-order valence-electron chi connectivity index (χ0n) is 7.37. The van der Waals surface area contributed by atoms with Crippen molar-refractivity contribution in [2.45, 2.75) is 12.5 Å². The van der Waals surface area contributed by atoms with Crippen molar-refractivity contribution in [3.05, 3.63) is 22.8 Å². The fourth-order valence-corrected chi connectivity index (χ4v) is 1.85. The molecule has 1 aliphatic rings. The molecule has 70 valence electrons. The predicted octanol–water partition coefficient (Wildman–Crippen LogP) is 1.42. The van der Waals surface area contributed by atoms with Gasteiger partial charge in [0.25, 0.3) is 0 Å². The summed E-state index contributed by atoms with van der Waals surface area (Å²) in [5, 5.41) is 9.53. The van der Waals surface area contributed by atoms with Crippen LogP contribution in [0, 0.1) is 0 Å². The summed E-state index contributed by atoms with van der Waals surface area (Å²) in [5.41, 5.74) is -0.538. The van der Waals surface area contributed by atoms with E-state index >= 15 is 0 Å². The Labute approximate surface area is 85.5 Å². The van der Waals surface area contributed by atoms with Crippen LogP contribution in [-0.4, -0.2) is 28.8 Å². The van der Waals surface area contributed by atoms with E-state index < -0.39 is 5.60 Å². The molecule has 2 rings (SSSR count). The van der Waals surface area contributed by atoms with Crippen LogP contribution >= 0.6 is 15.9 Å². The van der Waals surface area contributed by atoms with Gasteiger partial charge in [-0.05, 0) is 35.0 Å². The van der Waals surface area contributed by atoms with Gasteiger partial charge in [0.15, 0.2) is 0 Å². The van der Waals surface area contributed by atoms with Crippen LogP contribution in [0.2, 0.25) is 0 Å². The number of aromatic nitrogens is 1. The third kappa shape index (κ3) is 1.84. The summed E-state index contributed by atoms with van der Waals surface area (Å²) < 4.78 is 0.830. The van der Waals surface area contributed by atoms with Gasteiger partial charge in [-0.15, -0.1) is 0 Å². The molecular weight excluding hydrogens is 232 g/mol. The third-order valence-electron chi connectivity index (χ3n) is 2.09. The summed E-state index contributed by atoms with van der Waals surface area (Å²) in [7, 11) is 0. The standard InChI is InChI=1S/C9H11BrN2O/c1-9(13)5-12(6-9)8-4-2-3-7(10)11-8/h2-4,13H,5-6H2,1H3. The molecule has 0 unspecified atom stereocenters. The normalized spacial score (nSPS) is 19.8. The van der Waals surface area contributed by atoms with Crippen LogP contribution in [0.25, 0.3) is 0 Å². The quantitative estimate of drug-likeness (QED) is 0.757. The van der Waals surface area contributed by atoms with E-state index in [0.29, 0.717) is 13.1 Å². The number of pyridine rings is 1. The van der Waals surface area contributed by atoms with E-state index in [2.05, 4.69) is 20.9 Å². The Balaban J connectivity index is 2.11. The van der Waals surface area contributed by atoms with E-state index in [1.165, 1.54) is 0 Å². The van der Waals surface area contributed by atoms with Crippen LogP contribution in [0.4, 0.5) is 5.82 Å². The van der Waals surface area contributed by atoms with Crippen LogP contribution in [0.15, 0.2) is 22.8 Å². The summed E-state index contributed by atoms with van der Waals surface area (Å²) in [6, 6.07) is 5.78. The lowest BCUT2D eigenvalue weighted by Crippen LogP contribution is -2.60. The minimum Gasteiger partial charge on any atom is -0.386 e. The molecule has 0 aliphatic carbocycles. The Morgan fingerprint density at radius 3 is 2.77 bits per heavy atom. The molecule has 1 N–H and O–H groups in total. The molecule has 0 bridgehead atoms. The van der Waals surface area contributed by atoms with Crippen LogP contribution in [0.1, 0.15) is 6.92 Å². The van der Waals surface area contributed by atoms with Gasteiger partial charge >= 0.3 is 0 Å². The molecule has 0 saturated carbocycles. The van der Waals surface area contributed by atoms with Gasteiger partial charge in [0.05, 0.1) is 5.60 Å². The van der Waals surface area contributed by atoms with Crippen molar-refractivity contribution in [2.75, 3.05) is 18.0 Å². The first kappa shape index (κ1) is 8.97. The third-order valence-corrected chi connectivity index (χ3v) is 2.53. The molecule has 0 spiro atoms. The molecule has 0 amide bonds. The Morgan fingerprint density at radius 2 is 2.23 bits per heavy atom. The van der Waals surface area contributed by atoms with E-state index in [9.17, 15) is 5.11 Å². The Morgan fingerprint density at radius 1 is 1.54 bits per heavy atom. The monoisotopic (exact) mass is 242 g/mol. The number of β-amino-alcohol motifs (C(OH)–C–C–N with tert-alkyl or cyclic N) is 1.